The van der Waals surface area contributed by atoms with Crippen molar-refractivity contribution < 1.29 is 18.0 Å². The number of thiophene rings is 1. The van der Waals surface area contributed by atoms with Crippen LogP contribution in [-0.2, 0) is 6.18 Å². The van der Waals surface area contributed by atoms with Crippen LogP contribution in [-0.4, -0.2) is 54.0 Å². The molecule has 0 bridgehead atoms. The van der Waals surface area contributed by atoms with Gasteiger partial charge in [-0.25, -0.2) is 9.97 Å². The lowest BCUT2D eigenvalue weighted by molar-refractivity contribution is -0.136. The molecule has 0 saturated carbocycles. The van der Waals surface area contributed by atoms with Crippen molar-refractivity contribution in [1.82, 2.24) is 14.9 Å². The first kappa shape index (κ1) is 22.5. The molecular weight excluding hydrogens is 439 g/mol. The third-order valence-electron chi connectivity index (χ3n) is 5.71. The minimum atomic E-state index is -4.60. The van der Waals surface area contributed by atoms with Crippen molar-refractivity contribution in [2.45, 2.75) is 26.9 Å². The average molecular weight is 464 g/mol. The van der Waals surface area contributed by atoms with Crippen LogP contribution in [0.25, 0.3) is 10.2 Å². The van der Waals surface area contributed by atoms with Gasteiger partial charge in [0.2, 0.25) is 0 Å². The smallest absolute Gasteiger partial charge is 0.369 e. The minimum absolute atomic E-state index is 0.253. The molecule has 1 amide bonds. The van der Waals surface area contributed by atoms with Crippen LogP contribution >= 0.6 is 11.3 Å². The summed E-state index contributed by atoms with van der Waals surface area (Å²) in [4.78, 5) is 26.7. The third-order valence-corrected chi connectivity index (χ3v) is 6.90. The van der Waals surface area contributed by atoms with Gasteiger partial charge < -0.3 is 15.1 Å². The Bertz CT molecular complexity index is 1180. The molecule has 170 valence electrons. The minimum Gasteiger partial charge on any atom is -0.369 e. The molecule has 1 aliphatic rings. The monoisotopic (exact) mass is 463 g/mol. The number of aromatic nitrogens is 2. The second-order valence-corrected chi connectivity index (χ2v) is 9.06. The fourth-order valence-electron chi connectivity index (χ4n) is 4.01. The number of carbonyl (C=O) groups is 1. The van der Waals surface area contributed by atoms with Crippen molar-refractivity contribution in [3.8, 4) is 0 Å². The number of hydrogen-bond donors (Lipinski definition) is 1. The topological polar surface area (TPSA) is 61.4 Å². The van der Waals surface area contributed by atoms with E-state index in [0.29, 0.717) is 39.9 Å². The Hall–Kier alpha value is -2.72. The van der Waals surface area contributed by atoms with Crippen molar-refractivity contribution >= 4 is 38.8 Å². The summed E-state index contributed by atoms with van der Waals surface area (Å²) >= 11 is 1.16. The maximum absolute atomic E-state index is 13.9. The Morgan fingerprint density at radius 2 is 1.78 bits per heavy atom. The lowest BCUT2D eigenvalue weighted by Crippen LogP contribution is -2.44. The van der Waals surface area contributed by atoms with E-state index in [-0.39, 0.29) is 5.69 Å². The number of benzene rings is 1. The highest BCUT2D eigenvalue weighted by atomic mass is 32.1. The number of nitrogens with one attached hydrogen (secondary N) is 1. The first-order valence-corrected chi connectivity index (χ1v) is 11.1. The van der Waals surface area contributed by atoms with E-state index in [1.54, 1.807) is 19.9 Å². The molecule has 3 heterocycles. The second-order valence-electron chi connectivity index (χ2n) is 8.06. The van der Waals surface area contributed by atoms with Crippen molar-refractivity contribution in [3.05, 3.63) is 45.7 Å². The summed E-state index contributed by atoms with van der Waals surface area (Å²) in [5, 5.41) is 3.25. The van der Waals surface area contributed by atoms with E-state index in [1.807, 2.05) is 18.9 Å². The van der Waals surface area contributed by atoms with E-state index in [4.69, 9.17) is 0 Å². The molecule has 1 fully saturated rings. The lowest BCUT2D eigenvalue weighted by Gasteiger charge is -2.34. The lowest BCUT2D eigenvalue weighted by atomic mass is 10.1. The number of rotatable bonds is 3. The molecule has 3 aromatic rings. The molecule has 1 N–H and O–H groups in total. The maximum atomic E-state index is 13.9. The van der Waals surface area contributed by atoms with Gasteiger partial charge in [-0.2, -0.15) is 13.2 Å². The molecule has 0 unspecified atom stereocenters. The number of aryl methyl sites for hydroxylation is 3. The van der Waals surface area contributed by atoms with Crippen LogP contribution in [0.4, 0.5) is 24.5 Å². The summed E-state index contributed by atoms with van der Waals surface area (Å²) in [6.07, 6.45) is -4.60. The van der Waals surface area contributed by atoms with E-state index in [2.05, 4.69) is 20.2 Å². The molecule has 32 heavy (non-hydrogen) atoms. The number of carbonyl (C=O) groups excluding carboxylic acids is 1. The molecule has 0 spiro atoms. The van der Waals surface area contributed by atoms with Gasteiger partial charge in [0, 0.05) is 42.9 Å². The first-order chi connectivity index (χ1) is 15.0. The van der Waals surface area contributed by atoms with Crippen molar-refractivity contribution in [1.29, 1.82) is 0 Å². The first-order valence-electron chi connectivity index (χ1n) is 10.2. The third kappa shape index (κ3) is 4.29. The van der Waals surface area contributed by atoms with Crippen molar-refractivity contribution in [2.24, 2.45) is 0 Å². The number of halogens is 3. The summed E-state index contributed by atoms with van der Waals surface area (Å²) in [5.41, 5.74) is 0.808. The number of piperazine rings is 1. The van der Waals surface area contributed by atoms with E-state index in [0.717, 1.165) is 41.6 Å². The predicted molar refractivity (Wildman–Crippen MR) is 121 cm³/mol. The largest absolute Gasteiger partial charge is 0.418 e. The molecule has 4 rings (SSSR count). The number of hydrogen-bond acceptors (Lipinski definition) is 6. The van der Waals surface area contributed by atoms with Crippen LogP contribution in [0.3, 0.4) is 0 Å². The number of amides is 1. The summed E-state index contributed by atoms with van der Waals surface area (Å²) in [5.74, 6) is 0.00228. The second kappa shape index (κ2) is 8.32. The summed E-state index contributed by atoms with van der Waals surface area (Å²) < 4.78 is 41.6. The molecule has 0 radical (unpaired) electrons. The number of alkyl halides is 3. The Morgan fingerprint density at radius 1 is 1.09 bits per heavy atom. The molecule has 10 heteroatoms. The highest BCUT2D eigenvalue weighted by Crippen LogP contribution is 2.38. The highest BCUT2D eigenvalue weighted by molar-refractivity contribution is 7.20. The van der Waals surface area contributed by atoms with Gasteiger partial charge in [0.15, 0.2) is 0 Å². The van der Waals surface area contributed by atoms with Gasteiger partial charge in [0.1, 0.15) is 10.7 Å². The fraction of sp³-hybridized carbons (Fsp3) is 0.409. The van der Waals surface area contributed by atoms with Gasteiger partial charge in [-0.1, -0.05) is 0 Å². The van der Waals surface area contributed by atoms with Crippen molar-refractivity contribution in [2.75, 3.05) is 43.4 Å². The van der Waals surface area contributed by atoms with Gasteiger partial charge in [0.25, 0.3) is 5.91 Å². The van der Waals surface area contributed by atoms with E-state index >= 15 is 0 Å². The summed E-state index contributed by atoms with van der Waals surface area (Å²) in [6.45, 7) is 8.23. The Morgan fingerprint density at radius 3 is 2.44 bits per heavy atom. The standard InChI is InChI=1S/C22H24F3N5OS/c1-12-18-13(2)26-14(3)27-21(18)32-19(12)20(31)28-17-6-5-15(11-16(17)22(23,24)25)30-9-7-29(4)8-10-30/h5-6,11H,7-10H2,1-4H3,(H,28,31). The average Bonchev–Trinajstić information content (AvgIpc) is 3.04. The number of likely N-dealkylation sites (N-methyl/N-ethyl adjacent to an activating group) is 1. The van der Waals surface area contributed by atoms with E-state index in [9.17, 15) is 18.0 Å². The zero-order valence-electron chi connectivity index (χ0n) is 18.3. The van der Waals surface area contributed by atoms with Crippen LogP contribution in [0.2, 0.25) is 0 Å². The SMILES string of the molecule is Cc1nc(C)c2c(C)c(C(=O)Nc3ccc(N4CCN(C)CC4)cc3C(F)(F)F)sc2n1. The molecule has 0 aliphatic carbocycles. The molecule has 0 atom stereocenters. The Labute approximate surface area is 188 Å². The Balaban J connectivity index is 1.66. The molecular formula is C22H24F3N5OS. The molecule has 6 nitrogen and oxygen atoms in total. The van der Waals surface area contributed by atoms with Crippen LogP contribution in [0.1, 0.15) is 32.3 Å². The quantitative estimate of drug-likeness (QED) is 0.613. The number of fused-ring (bicyclic) bond motifs is 1. The van der Waals surface area contributed by atoms with Crippen LogP contribution < -0.4 is 10.2 Å². The fourth-order valence-corrected chi connectivity index (χ4v) is 5.18. The summed E-state index contributed by atoms with van der Waals surface area (Å²) in [7, 11) is 1.99. The van der Waals surface area contributed by atoms with Gasteiger partial charge in [-0.05, 0) is 51.6 Å². The molecule has 1 saturated heterocycles. The van der Waals surface area contributed by atoms with Crippen molar-refractivity contribution in [3.63, 3.8) is 0 Å². The van der Waals surface area contributed by atoms with Crippen LogP contribution in [0.15, 0.2) is 18.2 Å². The predicted octanol–water partition coefficient (Wildman–Crippen LogP) is 4.64. The van der Waals surface area contributed by atoms with Gasteiger partial charge in [-0.15, -0.1) is 11.3 Å². The highest BCUT2D eigenvalue weighted by Gasteiger charge is 2.35. The zero-order chi connectivity index (χ0) is 23.2. The van der Waals surface area contributed by atoms with E-state index in [1.165, 1.54) is 6.07 Å². The molecule has 2 aromatic heterocycles. The normalized spacial score (nSPS) is 15.4. The molecule has 1 aliphatic heterocycles. The van der Waals surface area contributed by atoms with Gasteiger partial charge in [0.05, 0.1) is 16.1 Å². The number of nitrogens with zero attached hydrogens (tertiary/aromatic N) is 4. The molecule has 1 aromatic carbocycles. The zero-order valence-corrected chi connectivity index (χ0v) is 19.1. The summed E-state index contributed by atoms with van der Waals surface area (Å²) in [6, 6.07) is 4.09. The van der Waals surface area contributed by atoms with Gasteiger partial charge >= 0.3 is 6.18 Å². The van der Waals surface area contributed by atoms with Crippen LogP contribution in [0, 0.1) is 20.8 Å². The maximum Gasteiger partial charge on any atom is 0.418 e. The van der Waals surface area contributed by atoms with Crippen LogP contribution in [0.5, 0.6) is 0 Å². The Kier molecular flexibility index (Phi) is 5.85. The number of anilines is 2. The van der Waals surface area contributed by atoms with E-state index < -0.39 is 17.6 Å². The van der Waals surface area contributed by atoms with Gasteiger partial charge in [-0.3, -0.25) is 4.79 Å².